The Morgan fingerprint density at radius 3 is 2.68 bits per heavy atom. The summed E-state index contributed by atoms with van der Waals surface area (Å²) in [6.07, 6.45) is 0. The summed E-state index contributed by atoms with van der Waals surface area (Å²) in [5.41, 5.74) is 6.38. The Kier molecular flexibility index (Phi) is 5.75. The van der Waals surface area contributed by atoms with E-state index in [0.717, 1.165) is 0 Å². The zero-order chi connectivity index (χ0) is 14.4. The summed E-state index contributed by atoms with van der Waals surface area (Å²) in [7, 11) is 2.97. The number of anilines is 1. The standard InChI is InChI=1S/C12H16ClN3O3/c1-15-11(17)8-4-3-7(5-9(8)13)16-12(18)10(14)6-19-2/h3-5,10H,6,14H2,1-2H3,(H,15,17)(H,16,18). The summed E-state index contributed by atoms with van der Waals surface area (Å²) in [5.74, 6) is -0.676. The van der Waals surface area contributed by atoms with Crippen molar-refractivity contribution in [1.29, 1.82) is 0 Å². The number of carbonyl (C=O) groups excluding carboxylic acids is 2. The van der Waals surface area contributed by atoms with Crippen molar-refractivity contribution in [1.82, 2.24) is 5.32 Å². The molecule has 0 radical (unpaired) electrons. The number of amides is 2. The first-order valence-corrected chi connectivity index (χ1v) is 5.94. The quantitative estimate of drug-likeness (QED) is 0.739. The van der Waals surface area contributed by atoms with Gasteiger partial charge in [-0.2, -0.15) is 0 Å². The summed E-state index contributed by atoms with van der Waals surface area (Å²) in [6, 6.07) is 3.83. The van der Waals surface area contributed by atoms with Gasteiger partial charge in [0.15, 0.2) is 0 Å². The van der Waals surface area contributed by atoms with E-state index in [4.69, 9.17) is 22.1 Å². The second kappa shape index (κ2) is 7.08. The van der Waals surface area contributed by atoms with E-state index in [9.17, 15) is 9.59 Å². The Bertz CT molecular complexity index is 479. The van der Waals surface area contributed by atoms with Crippen LogP contribution in [0.4, 0.5) is 5.69 Å². The molecule has 1 aromatic carbocycles. The Hall–Kier alpha value is -1.63. The number of hydrogen-bond donors (Lipinski definition) is 3. The van der Waals surface area contributed by atoms with E-state index in [-0.39, 0.29) is 23.4 Å². The van der Waals surface area contributed by atoms with Crippen LogP contribution in [0, 0.1) is 0 Å². The molecule has 1 aromatic rings. The van der Waals surface area contributed by atoms with Gasteiger partial charge in [-0.25, -0.2) is 0 Å². The number of benzene rings is 1. The minimum absolute atomic E-state index is 0.121. The van der Waals surface area contributed by atoms with Gasteiger partial charge in [0.1, 0.15) is 6.04 Å². The lowest BCUT2D eigenvalue weighted by Gasteiger charge is -2.12. The molecule has 0 aliphatic rings. The van der Waals surface area contributed by atoms with E-state index in [1.807, 2.05) is 0 Å². The summed E-state index contributed by atoms with van der Waals surface area (Å²) < 4.78 is 4.79. The third-order valence-electron chi connectivity index (χ3n) is 2.39. The molecule has 0 spiro atoms. The minimum atomic E-state index is -0.762. The molecule has 4 N–H and O–H groups in total. The Balaban J connectivity index is 2.79. The summed E-state index contributed by atoms with van der Waals surface area (Å²) in [4.78, 5) is 23.1. The number of carbonyl (C=O) groups is 2. The zero-order valence-electron chi connectivity index (χ0n) is 10.7. The first-order valence-electron chi connectivity index (χ1n) is 5.56. The minimum Gasteiger partial charge on any atom is -0.383 e. The van der Waals surface area contributed by atoms with Gasteiger partial charge in [-0.1, -0.05) is 11.6 Å². The van der Waals surface area contributed by atoms with Crippen LogP contribution in [0.3, 0.4) is 0 Å². The van der Waals surface area contributed by atoms with Crippen molar-refractivity contribution in [2.45, 2.75) is 6.04 Å². The van der Waals surface area contributed by atoms with E-state index in [0.29, 0.717) is 11.3 Å². The van der Waals surface area contributed by atoms with Crippen LogP contribution in [0.2, 0.25) is 5.02 Å². The number of methoxy groups -OCH3 is 1. The van der Waals surface area contributed by atoms with E-state index in [1.54, 1.807) is 6.07 Å². The molecule has 7 heteroatoms. The highest BCUT2D eigenvalue weighted by Gasteiger charge is 2.14. The third kappa shape index (κ3) is 4.20. The van der Waals surface area contributed by atoms with Crippen LogP contribution >= 0.6 is 11.6 Å². The van der Waals surface area contributed by atoms with E-state index in [2.05, 4.69) is 10.6 Å². The van der Waals surface area contributed by atoms with E-state index < -0.39 is 6.04 Å². The molecule has 0 heterocycles. The molecule has 19 heavy (non-hydrogen) atoms. The van der Waals surface area contributed by atoms with Gasteiger partial charge >= 0.3 is 0 Å². The second-order valence-corrected chi connectivity index (χ2v) is 4.23. The average molecular weight is 286 g/mol. The van der Waals surface area contributed by atoms with Gasteiger partial charge in [-0.3, -0.25) is 9.59 Å². The van der Waals surface area contributed by atoms with E-state index >= 15 is 0 Å². The number of halogens is 1. The molecule has 1 rings (SSSR count). The molecule has 0 saturated heterocycles. The molecule has 0 aromatic heterocycles. The van der Waals surface area contributed by atoms with Gasteiger partial charge in [0.2, 0.25) is 5.91 Å². The molecular formula is C12H16ClN3O3. The molecule has 6 nitrogen and oxygen atoms in total. The molecule has 2 amide bonds. The van der Waals surface area contributed by atoms with Gasteiger partial charge in [0, 0.05) is 19.8 Å². The third-order valence-corrected chi connectivity index (χ3v) is 2.70. The van der Waals surface area contributed by atoms with Crippen molar-refractivity contribution >= 4 is 29.1 Å². The van der Waals surface area contributed by atoms with Crippen molar-refractivity contribution in [2.24, 2.45) is 5.73 Å². The molecule has 104 valence electrons. The van der Waals surface area contributed by atoms with Crippen molar-refractivity contribution < 1.29 is 14.3 Å². The topological polar surface area (TPSA) is 93.5 Å². The number of rotatable bonds is 5. The fourth-order valence-electron chi connectivity index (χ4n) is 1.40. The zero-order valence-corrected chi connectivity index (χ0v) is 11.5. The first kappa shape index (κ1) is 15.4. The van der Waals surface area contributed by atoms with Crippen molar-refractivity contribution in [2.75, 3.05) is 26.1 Å². The van der Waals surface area contributed by atoms with Crippen LogP contribution in [0.1, 0.15) is 10.4 Å². The summed E-state index contributed by atoms with van der Waals surface area (Å²) in [6.45, 7) is 0.121. The highest BCUT2D eigenvalue weighted by atomic mass is 35.5. The molecule has 0 fully saturated rings. The predicted octanol–water partition coefficient (Wildman–Crippen LogP) is 0.612. The van der Waals surface area contributed by atoms with Crippen LogP contribution in [0.15, 0.2) is 18.2 Å². The van der Waals surface area contributed by atoms with Crippen LogP contribution in [0.5, 0.6) is 0 Å². The maximum Gasteiger partial charge on any atom is 0.252 e. The molecular weight excluding hydrogens is 270 g/mol. The lowest BCUT2D eigenvalue weighted by molar-refractivity contribution is -0.118. The fraction of sp³-hybridized carbons (Fsp3) is 0.333. The lowest BCUT2D eigenvalue weighted by Crippen LogP contribution is -2.39. The second-order valence-electron chi connectivity index (χ2n) is 3.82. The molecule has 0 aliphatic heterocycles. The van der Waals surface area contributed by atoms with Gasteiger partial charge in [-0.05, 0) is 18.2 Å². The fourth-order valence-corrected chi connectivity index (χ4v) is 1.67. The van der Waals surface area contributed by atoms with Crippen LogP contribution < -0.4 is 16.4 Å². The normalized spacial score (nSPS) is 11.8. The Morgan fingerprint density at radius 2 is 2.16 bits per heavy atom. The average Bonchev–Trinajstić information content (AvgIpc) is 2.38. The molecule has 0 saturated carbocycles. The molecule has 1 unspecified atom stereocenters. The maximum atomic E-state index is 11.7. The van der Waals surface area contributed by atoms with Gasteiger partial charge in [-0.15, -0.1) is 0 Å². The number of ether oxygens (including phenoxy) is 1. The van der Waals surface area contributed by atoms with Gasteiger partial charge in [0.05, 0.1) is 17.2 Å². The Morgan fingerprint density at radius 1 is 1.47 bits per heavy atom. The predicted molar refractivity (Wildman–Crippen MR) is 73.3 cm³/mol. The molecule has 0 aliphatic carbocycles. The largest absolute Gasteiger partial charge is 0.383 e. The molecule has 1 atom stereocenters. The summed E-state index contributed by atoms with van der Waals surface area (Å²) >= 11 is 5.96. The monoisotopic (exact) mass is 285 g/mol. The number of nitrogens with two attached hydrogens (primary N) is 1. The van der Waals surface area contributed by atoms with Crippen molar-refractivity contribution in [3.05, 3.63) is 28.8 Å². The number of hydrogen-bond acceptors (Lipinski definition) is 4. The maximum absolute atomic E-state index is 11.7. The first-order chi connectivity index (χ1) is 8.99. The Labute approximate surface area is 116 Å². The smallest absolute Gasteiger partial charge is 0.252 e. The van der Waals surface area contributed by atoms with Gasteiger partial charge in [0.25, 0.3) is 5.91 Å². The van der Waals surface area contributed by atoms with E-state index in [1.165, 1.54) is 26.3 Å². The van der Waals surface area contributed by atoms with Crippen LogP contribution in [-0.2, 0) is 9.53 Å². The van der Waals surface area contributed by atoms with Gasteiger partial charge < -0.3 is 21.1 Å². The van der Waals surface area contributed by atoms with Crippen LogP contribution in [-0.4, -0.2) is 38.6 Å². The van der Waals surface area contributed by atoms with Crippen LogP contribution in [0.25, 0.3) is 0 Å². The van der Waals surface area contributed by atoms with Crippen molar-refractivity contribution in [3.8, 4) is 0 Å². The van der Waals surface area contributed by atoms with Crippen molar-refractivity contribution in [3.63, 3.8) is 0 Å². The molecule has 0 bridgehead atoms. The lowest BCUT2D eigenvalue weighted by atomic mass is 10.2. The number of nitrogens with one attached hydrogen (secondary N) is 2. The highest BCUT2D eigenvalue weighted by molar-refractivity contribution is 6.34. The summed E-state index contributed by atoms with van der Waals surface area (Å²) in [5, 5.41) is 5.31. The highest BCUT2D eigenvalue weighted by Crippen LogP contribution is 2.21. The SMILES string of the molecule is CNC(=O)c1ccc(NC(=O)C(N)COC)cc1Cl.